The molecule has 1 amide bonds. The van der Waals surface area contributed by atoms with Crippen LogP contribution in [0.5, 0.6) is 0 Å². The van der Waals surface area contributed by atoms with E-state index in [4.69, 9.17) is 5.73 Å². The lowest BCUT2D eigenvalue weighted by molar-refractivity contribution is 0.0929. The fraction of sp³-hybridized carbons (Fsp3) is 0.636. The first-order valence-electron chi connectivity index (χ1n) is 5.68. The van der Waals surface area contributed by atoms with E-state index in [-0.39, 0.29) is 11.3 Å². The van der Waals surface area contributed by atoms with E-state index in [1.54, 1.807) is 6.07 Å². The summed E-state index contributed by atoms with van der Waals surface area (Å²) in [6.07, 6.45) is 4.92. The fourth-order valence-electron chi connectivity index (χ4n) is 2.25. The van der Waals surface area contributed by atoms with E-state index in [9.17, 15) is 4.79 Å². The Bertz CT molecular complexity index is 379. The molecule has 0 aliphatic heterocycles. The maximum Gasteiger partial charge on any atom is 0.269 e. The van der Waals surface area contributed by atoms with Crippen LogP contribution in [-0.2, 0) is 0 Å². The van der Waals surface area contributed by atoms with Gasteiger partial charge in [0.1, 0.15) is 11.5 Å². The minimum absolute atomic E-state index is 0.127. The maximum absolute atomic E-state index is 11.7. The minimum Gasteiger partial charge on any atom is -0.382 e. The first-order chi connectivity index (χ1) is 7.59. The number of hydrogen-bond acceptors (Lipinski definition) is 3. The van der Waals surface area contributed by atoms with E-state index in [1.807, 2.05) is 0 Å². The van der Waals surface area contributed by atoms with E-state index in [0.29, 0.717) is 11.5 Å². The zero-order valence-corrected chi connectivity index (χ0v) is 9.55. The summed E-state index contributed by atoms with van der Waals surface area (Å²) in [5.41, 5.74) is 6.13. The van der Waals surface area contributed by atoms with E-state index in [0.717, 1.165) is 6.54 Å². The van der Waals surface area contributed by atoms with Gasteiger partial charge in [-0.3, -0.25) is 9.89 Å². The predicted octanol–water partition coefficient (Wildman–Crippen LogP) is 1.30. The number of nitrogens with one attached hydrogen (secondary N) is 2. The third-order valence-electron chi connectivity index (χ3n) is 3.33. The first kappa shape index (κ1) is 11.0. The normalized spacial score (nSPS) is 18.6. The lowest BCUT2D eigenvalue weighted by Gasteiger charge is -2.23. The lowest BCUT2D eigenvalue weighted by atomic mass is 9.89. The summed E-state index contributed by atoms with van der Waals surface area (Å²) in [5, 5.41) is 9.26. The Kier molecular flexibility index (Phi) is 2.85. The van der Waals surface area contributed by atoms with Gasteiger partial charge in [-0.25, -0.2) is 0 Å². The molecule has 1 aliphatic rings. The van der Waals surface area contributed by atoms with E-state index < -0.39 is 0 Å². The molecule has 4 N–H and O–H groups in total. The molecule has 0 bridgehead atoms. The number of rotatable bonds is 3. The smallest absolute Gasteiger partial charge is 0.269 e. The van der Waals surface area contributed by atoms with Crippen LogP contribution in [0, 0.1) is 5.41 Å². The summed E-state index contributed by atoms with van der Waals surface area (Å²) in [6.45, 7) is 2.95. The van der Waals surface area contributed by atoms with Crippen LogP contribution >= 0.6 is 0 Å². The van der Waals surface area contributed by atoms with Gasteiger partial charge in [-0.05, 0) is 18.3 Å². The Labute approximate surface area is 94.8 Å². The average Bonchev–Trinajstić information content (AvgIpc) is 2.85. The second-order valence-corrected chi connectivity index (χ2v) is 4.91. The number of nitrogen functional groups attached to an aromatic ring is 1. The van der Waals surface area contributed by atoms with Crippen molar-refractivity contribution >= 4 is 11.7 Å². The molecule has 0 saturated heterocycles. The van der Waals surface area contributed by atoms with Crippen molar-refractivity contribution in [1.82, 2.24) is 15.5 Å². The Balaban J connectivity index is 1.88. The first-order valence-corrected chi connectivity index (χ1v) is 5.68. The number of anilines is 1. The second kappa shape index (κ2) is 4.15. The molecule has 88 valence electrons. The highest BCUT2D eigenvalue weighted by molar-refractivity contribution is 5.92. The van der Waals surface area contributed by atoms with Crippen LogP contribution in [0.3, 0.4) is 0 Å². The summed E-state index contributed by atoms with van der Waals surface area (Å²) in [5.74, 6) is 0.217. The Morgan fingerprint density at radius 3 is 2.88 bits per heavy atom. The maximum atomic E-state index is 11.7. The number of H-pyrrole nitrogens is 1. The van der Waals surface area contributed by atoms with Crippen molar-refractivity contribution in [1.29, 1.82) is 0 Å². The fourth-order valence-corrected chi connectivity index (χ4v) is 2.25. The molecule has 1 fully saturated rings. The molecule has 5 nitrogen and oxygen atoms in total. The third kappa shape index (κ3) is 2.35. The summed E-state index contributed by atoms with van der Waals surface area (Å²) in [4.78, 5) is 11.7. The number of carbonyl (C=O) groups excluding carboxylic acids is 1. The van der Waals surface area contributed by atoms with Crippen LogP contribution in [0.15, 0.2) is 6.07 Å². The summed E-state index contributed by atoms with van der Waals surface area (Å²) in [6, 6.07) is 1.55. The summed E-state index contributed by atoms with van der Waals surface area (Å²) < 4.78 is 0. The number of carbonyl (C=O) groups is 1. The topological polar surface area (TPSA) is 83.8 Å². The Hall–Kier alpha value is -1.52. The van der Waals surface area contributed by atoms with Gasteiger partial charge in [0.25, 0.3) is 5.91 Å². The van der Waals surface area contributed by atoms with Crippen molar-refractivity contribution in [2.75, 3.05) is 12.3 Å². The predicted molar refractivity (Wildman–Crippen MR) is 61.9 cm³/mol. The van der Waals surface area contributed by atoms with Gasteiger partial charge in [-0.1, -0.05) is 19.8 Å². The van der Waals surface area contributed by atoms with Crippen LogP contribution in [0.1, 0.15) is 43.1 Å². The molecule has 0 spiro atoms. The highest BCUT2D eigenvalue weighted by Crippen LogP contribution is 2.36. The molecule has 2 rings (SSSR count). The van der Waals surface area contributed by atoms with Crippen molar-refractivity contribution in [2.24, 2.45) is 5.41 Å². The van der Waals surface area contributed by atoms with Gasteiger partial charge in [0.05, 0.1) is 0 Å². The summed E-state index contributed by atoms with van der Waals surface area (Å²) >= 11 is 0. The van der Waals surface area contributed by atoms with E-state index >= 15 is 0 Å². The zero-order chi connectivity index (χ0) is 11.6. The molecule has 1 aliphatic carbocycles. The highest BCUT2D eigenvalue weighted by Gasteiger charge is 2.29. The number of nitrogens with two attached hydrogens (primary N) is 1. The number of aromatic nitrogens is 2. The van der Waals surface area contributed by atoms with Gasteiger partial charge >= 0.3 is 0 Å². The van der Waals surface area contributed by atoms with Gasteiger partial charge in [0.2, 0.25) is 0 Å². The van der Waals surface area contributed by atoms with Crippen LogP contribution in [0.2, 0.25) is 0 Å². The molecule has 0 atom stereocenters. The molecule has 1 saturated carbocycles. The molecule has 5 heteroatoms. The van der Waals surface area contributed by atoms with Gasteiger partial charge in [0.15, 0.2) is 0 Å². The zero-order valence-electron chi connectivity index (χ0n) is 9.55. The third-order valence-corrected chi connectivity index (χ3v) is 3.33. The van der Waals surface area contributed by atoms with Crippen molar-refractivity contribution in [3.63, 3.8) is 0 Å². The number of amides is 1. The second-order valence-electron chi connectivity index (χ2n) is 4.91. The van der Waals surface area contributed by atoms with Crippen LogP contribution in [0.25, 0.3) is 0 Å². The summed E-state index contributed by atoms with van der Waals surface area (Å²) in [7, 11) is 0. The van der Waals surface area contributed by atoms with Crippen LogP contribution in [0.4, 0.5) is 5.82 Å². The molecule has 0 unspecified atom stereocenters. The Morgan fingerprint density at radius 1 is 1.62 bits per heavy atom. The molecule has 16 heavy (non-hydrogen) atoms. The van der Waals surface area contributed by atoms with Crippen molar-refractivity contribution in [3.8, 4) is 0 Å². The standard InChI is InChI=1S/C11H18N4O/c1-11(4-2-3-5-11)7-13-10(16)8-6-9(12)15-14-8/h6H,2-5,7H2,1H3,(H,13,16)(H3,12,14,15). The number of nitrogens with zero attached hydrogens (tertiary/aromatic N) is 1. The molecule has 1 heterocycles. The molecule has 0 aromatic carbocycles. The van der Waals surface area contributed by atoms with E-state index in [2.05, 4.69) is 22.4 Å². The van der Waals surface area contributed by atoms with Gasteiger partial charge in [0, 0.05) is 12.6 Å². The van der Waals surface area contributed by atoms with Gasteiger partial charge in [-0.15, -0.1) is 0 Å². The van der Waals surface area contributed by atoms with Crippen molar-refractivity contribution in [2.45, 2.75) is 32.6 Å². The largest absolute Gasteiger partial charge is 0.382 e. The molecule has 0 radical (unpaired) electrons. The molecule has 1 aromatic heterocycles. The average molecular weight is 222 g/mol. The molecular weight excluding hydrogens is 204 g/mol. The molecule has 1 aromatic rings. The SMILES string of the molecule is CC1(CNC(=O)c2cc(N)n[nH]2)CCCC1. The van der Waals surface area contributed by atoms with Crippen molar-refractivity contribution < 1.29 is 4.79 Å². The molecular formula is C11H18N4O. The highest BCUT2D eigenvalue weighted by atomic mass is 16.1. The Morgan fingerprint density at radius 2 is 2.31 bits per heavy atom. The monoisotopic (exact) mass is 222 g/mol. The van der Waals surface area contributed by atoms with Crippen LogP contribution < -0.4 is 11.1 Å². The van der Waals surface area contributed by atoms with E-state index in [1.165, 1.54) is 25.7 Å². The van der Waals surface area contributed by atoms with Gasteiger partial charge in [-0.2, -0.15) is 5.10 Å². The lowest BCUT2D eigenvalue weighted by Crippen LogP contribution is -2.34. The van der Waals surface area contributed by atoms with Crippen molar-refractivity contribution in [3.05, 3.63) is 11.8 Å². The quantitative estimate of drug-likeness (QED) is 0.720. The van der Waals surface area contributed by atoms with Gasteiger partial charge < -0.3 is 11.1 Å². The number of aromatic amines is 1. The number of hydrogen-bond donors (Lipinski definition) is 3. The van der Waals surface area contributed by atoms with Crippen LogP contribution in [-0.4, -0.2) is 22.6 Å². The minimum atomic E-state index is -0.127.